The maximum Gasteiger partial charge on any atom is 0.228 e. The lowest BCUT2D eigenvalue weighted by Crippen LogP contribution is -2.41. The molecule has 1 aliphatic heterocycles. The summed E-state index contributed by atoms with van der Waals surface area (Å²) in [5, 5.41) is 3.19. The van der Waals surface area contributed by atoms with Gasteiger partial charge < -0.3 is 4.90 Å². The van der Waals surface area contributed by atoms with Crippen molar-refractivity contribution in [1.29, 1.82) is 0 Å². The summed E-state index contributed by atoms with van der Waals surface area (Å²) in [6.45, 7) is 0.563. The van der Waals surface area contributed by atoms with Crippen LogP contribution in [-0.2, 0) is 4.79 Å². The molecule has 1 fully saturated rings. The molecule has 14 heavy (non-hydrogen) atoms. The van der Waals surface area contributed by atoms with Crippen LogP contribution in [0, 0.1) is 5.92 Å². The zero-order valence-corrected chi connectivity index (χ0v) is 7.90. The number of rotatable bonds is 3. The number of hydrogen-bond donors (Lipinski definition) is 0. The summed E-state index contributed by atoms with van der Waals surface area (Å²) in [6, 6.07) is 0. The summed E-state index contributed by atoms with van der Waals surface area (Å²) in [6.07, 6.45) is 1.67. The molecule has 0 N–H and O–H groups in total. The minimum absolute atomic E-state index is 0.0428. The highest BCUT2D eigenvalue weighted by molar-refractivity contribution is 5.78. The van der Waals surface area contributed by atoms with Gasteiger partial charge in [-0.05, 0) is 18.4 Å². The Morgan fingerprint density at radius 1 is 1.71 bits per heavy atom. The predicted molar refractivity (Wildman–Crippen MR) is 49.3 cm³/mol. The number of carbonyl (C=O) groups excluding carboxylic acids is 1. The van der Waals surface area contributed by atoms with Crippen molar-refractivity contribution >= 4 is 5.91 Å². The fourth-order valence-corrected chi connectivity index (χ4v) is 1.61. The van der Waals surface area contributed by atoms with E-state index >= 15 is 0 Å². The van der Waals surface area contributed by atoms with Crippen LogP contribution in [0.2, 0.25) is 0 Å². The van der Waals surface area contributed by atoms with E-state index in [0.717, 1.165) is 12.8 Å². The Morgan fingerprint density at radius 3 is 3.14 bits per heavy atom. The van der Waals surface area contributed by atoms with Crippen molar-refractivity contribution in [2.75, 3.05) is 26.3 Å². The van der Waals surface area contributed by atoms with Crippen LogP contribution in [0.5, 0.6) is 0 Å². The Balaban J connectivity index is 2.42. The minimum atomic E-state index is -0.384. The standard InChI is InChI=1S/C8H13FN4O/c9-4-7-2-1-3-13(6-7)8(14)5-11-12-10/h7H,1-6H2/t7-/m1/s1. The van der Waals surface area contributed by atoms with Crippen molar-refractivity contribution in [3.8, 4) is 0 Å². The van der Waals surface area contributed by atoms with Gasteiger partial charge in [0.15, 0.2) is 0 Å². The van der Waals surface area contributed by atoms with Crippen molar-refractivity contribution < 1.29 is 9.18 Å². The molecule has 1 heterocycles. The molecule has 6 heteroatoms. The number of azide groups is 1. The number of halogens is 1. The summed E-state index contributed by atoms with van der Waals surface area (Å²) >= 11 is 0. The smallest absolute Gasteiger partial charge is 0.228 e. The summed E-state index contributed by atoms with van der Waals surface area (Å²) in [4.78, 5) is 15.4. The van der Waals surface area contributed by atoms with Crippen LogP contribution in [0.3, 0.4) is 0 Å². The number of alkyl halides is 1. The Labute approximate surface area is 81.5 Å². The van der Waals surface area contributed by atoms with Crippen molar-refractivity contribution in [2.45, 2.75) is 12.8 Å². The van der Waals surface area contributed by atoms with Crippen LogP contribution in [0.4, 0.5) is 4.39 Å². The summed E-state index contributed by atoms with van der Waals surface area (Å²) in [5.74, 6) is -0.250. The quantitative estimate of drug-likeness (QED) is 0.386. The van der Waals surface area contributed by atoms with Gasteiger partial charge in [0, 0.05) is 23.9 Å². The number of nitrogens with zero attached hydrogens (tertiary/aromatic N) is 4. The molecule has 0 bridgehead atoms. The highest BCUT2D eigenvalue weighted by Crippen LogP contribution is 2.16. The first-order valence-corrected chi connectivity index (χ1v) is 4.62. The molecule has 0 aromatic rings. The van der Waals surface area contributed by atoms with E-state index in [4.69, 9.17) is 5.53 Å². The molecular weight excluding hydrogens is 187 g/mol. The number of hydrogen-bond acceptors (Lipinski definition) is 2. The number of carbonyl (C=O) groups is 1. The monoisotopic (exact) mass is 200 g/mol. The zero-order chi connectivity index (χ0) is 10.4. The molecule has 1 amide bonds. The lowest BCUT2D eigenvalue weighted by atomic mass is 9.99. The molecule has 0 spiro atoms. The third-order valence-corrected chi connectivity index (χ3v) is 2.36. The first-order chi connectivity index (χ1) is 6.77. The van der Waals surface area contributed by atoms with Gasteiger partial charge in [-0.25, -0.2) is 0 Å². The van der Waals surface area contributed by atoms with Gasteiger partial charge >= 0.3 is 0 Å². The predicted octanol–water partition coefficient (Wildman–Crippen LogP) is 1.50. The molecule has 1 aliphatic rings. The number of piperidine rings is 1. The first kappa shape index (κ1) is 10.8. The van der Waals surface area contributed by atoms with Crippen LogP contribution in [0.25, 0.3) is 10.4 Å². The minimum Gasteiger partial charge on any atom is -0.342 e. The highest BCUT2D eigenvalue weighted by Gasteiger charge is 2.22. The molecule has 1 atom stereocenters. The fourth-order valence-electron chi connectivity index (χ4n) is 1.61. The van der Waals surface area contributed by atoms with Crippen LogP contribution >= 0.6 is 0 Å². The topological polar surface area (TPSA) is 69.1 Å². The van der Waals surface area contributed by atoms with Gasteiger partial charge in [-0.3, -0.25) is 9.18 Å². The number of likely N-dealkylation sites (tertiary alicyclic amines) is 1. The zero-order valence-electron chi connectivity index (χ0n) is 7.90. The molecule has 1 rings (SSSR count). The van der Waals surface area contributed by atoms with Crippen molar-refractivity contribution in [1.82, 2.24) is 4.90 Å². The van der Waals surface area contributed by atoms with Gasteiger partial charge in [-0.1, -0.05) is 5.11 Å². The van der Waals surface area contributed by atoms with E-state index in [1.54, 1.807) is 4.90 Å². The highest BCUT2D eigenvalue weighted by atomic mass is 19.1. The van der Waals surface area contributed by atoms with E-state index in [1.165, 1.54) is 0 Å². The molecule has 5 nitrogen and oxygen atoms in total. The van der Waals surface area contributed by atoms with Crippen molar-refractivity contribution in [3.05, 3.63) is 10.4 Å². The van der Waals surface area contributed by atoms with Gasteiger partial charge in [0.1, 0.15) is 6.54 Å². The molecule has 78 valence electrons. The van der Waals surface area contributed by atoms with Crippen LogP contribution in [0.1, 0.15) is 12.8 Å². The maximum absolute atomic E-state index is 12.3. The third-order valence-electron chi connectivity index (χ3n) is 2.36. The van der Waals surface area contributed by atoms with E-state index in [2.05, 4.69) is 10.0 Å². The lowest BCUT2D eigenvalue weighted by molar-refractivity contribution is -0.131. The average molecular weight is 200 g/mol. The van der Waals surface area contributed by atoms with E-state index in [9.17, 15) is 9.18 Å². The Hall–Kier alpha value is -1.29. The van der Waals surface area contributed by atoms with Crippen molar-refractivity contribution in [2.24, 2.45) is 11.0 Å². The third kappa shape index (κ3) is 2.88. The Bertz CT molecular complexity index is 252. The largest absolute Gasteiger partial charge is 0.342 e. The number of amides is 1. The Kier molecular flexibility index (Phi) is 4.19. The van der Waals surface area contributed by atoms with Crippen LogP contribution in [-0.4, -0.2) is 37.1 Å². The summed E-state index contributed by atoms with van der Waals surface area (Å²) in [5.41, 5.74) is 8.04. The molecular formula is C8H13FN4O. The normalized spacial score (nSPS) is 21.5. The maximum atomic E-state index is 12.3. The molecule has 0 radical (unpaired) electrons. The van der Waals surface area contributed by atoms with Crippen LogP contribution in [0.15, 0.2) is 5.11 Å². The lowest BCUT2D eigenvalue weighted by Gasteiger charge is -2.31. The van der Waals surface area contributed by atoms with E-state index in [1.807, 2.05) is 0 Å². The molecule has 0 aromatic heterocycles. The molecule has 0 unspecified atom stereocenters. The second-order valence-corrected chi connectivity index (χ2v) is 3.39. The van der Waals surface area contributed by atoms with E-state index in [-0.39, 0.29) is 25.0 Å². The second-order valence-electron chi connectivity index (χ2n) is 3.39. The molecule has 0 aromatic carbocycles. The van der Waals surface area contributed by atoms with Gasteiger partial charge in [-0.2, -0.15) is 0 Å². The molecule has 0 aliphatic carbocycles. The van der Waals surface area contributed by atoms with Gasteiger partial charge in [-0.15, -0.1) is 0 Å². The summed E-state index contributed by atoms with van der Waals surface area (Å²) < 4.78 is 12.3. The van der Waals surface area contributed by atoms with Gasteiger partial charge in [0.2, 0.25) is 5.91 Å². The summed E-state index contributed by atoms with van der Waals surface area (Å²) in [7, 11) is 0. The SMILES string of the molecule is [N-]=[N+]=NCC(=O)N1CCC[C@H](CF)C1. The first-order valence-electron chi connectivity index (χ1n) is 4.62. The second kappa shape index (κ2) is 5.44. The average Bonchev–Trinajstić information content (AvgIpc) is 2.26. The fraction of sp³-hybridized carbons (Fsp3) is 0.875. The van der Waals surface area contributed by atoms with Gasteiger partial charge in [0.25, 0.3) is 0 Å². The van der Waals surface area contributed by atoms with Crippen molar-refractivity contribution in [3.63, 3.8) is 0 Å². The Morgan fingerprint density at radius 2 is 2.50 bits per heavy atom. The van der Waals surface area contributed by atoms with Gasteiger partial charge in [0.05, 0.1) is 6.67 Å². The molecule has 0 saturated carbocycles. The van der Waals surface area contributed by atoms with Crippen LogP contribution < -0.4 is 0 Å². The van der Waals surface area contributed by atoms with E-state index in [0.29, 0.717) is 13.1 Å². The molecule has 1 saturated heterocycles. The van der Waals surface area contributed by atoms with E-state index < -0.39 is 0 Å².